The van der Waals surface area contributed by atoms with Crippen LogP contribution in [-0.4, -0.2) is 56.6 Å². The first kappa shape index (κ1) is 28.3. The Morgan fingerprint density at radius 2 is 1.65 bits per heavy atom. The molecule has 0 radical (unpaired) electrons. The fourth-order valence-corrected chi connectivity index (χ4v) is 5.53. The molecule has 2 N–H and O–H groups in total. The van der Waals surface area contributed by atoms with Crippen molar-refractivity contribution in [3.63, 3.8) is 0 Å². The maximum atomic E-state index is 12.2. The molecule has 2 aromatic carbocycles. The number of thioether (sulfide) groups is 1. The molecule has 1 amide bonds. The number of hydrogen-bond donors (Lipinski definition) is 1. The van der Waals surface area contributed by atoms with E-state index >= 15 is 0 Å². The van der Waals surface area contributed by atoms with Crippen molar-refractivity contribution < 1.29 is 17.9 Å². The average Bonchev–Trinajstić information content (AvgIpc) is 2.78. The molecule has 0 atom stereocenters. The molecule has 3 rings (SSSR count). The molecule has 188 valence electrons. The van der Waals surface area contributed by atoms with Gasteiger partial charge in [-0.15, -0.1) is 12.4 Å². The molecular weight excluding hydrogens is 494 g/mol. The second kappa shape index (κ2) is 13.2. The fraction of sp³-hybridized carbons (Fsp3) is 0.458. The molecule has 34 heavy (non-hydrogen) atoms. The molecule has 0 spiro atoms. The minimum absolute atomic E-state index is 0. The van der Waals surface area contributed by atoms with Gasteiger partial charge in [-0.1, -0.05) is 19.1 Å². The van der Waals surface area contributed by atoms with E-state index in [-0.39, 0.29) is 24.2 Å². The molecule has 0 unspecified atom stereocenters. The first-order chi connectivity index (χ1) is 15.8. The molecule has 1 aliphatic heterocycles. The zero-order chi connectivity index (χ0) is 23.8. The quantitative estimate of drug-likeness (QED) is 0.442. The van der Waals surface area contributed by atoms with Crippen LogP contribution < -0.4 is 14.8 Å². The minimum Gasteiger partial charge on any atom is -0.457 e. The summed E-state index contributed by atoms with van der Waals surface area (Å²) in [7, 11) is -3.34. The first-order valence-corrected chi connectivity index (χ1v) is 14.2. The molecule has 0 bridgehead atoms. The van der Waals surface area contributed by atoms with Crippen molar-refractivity contribution in [2.45, 2.75) is 26.3 Å². The lowest BCUT2D eigenvalue weighted by Crippen LogP contribution is -2.38. The zero-order valence-corrected chi connectivity index (χ0v) is 22.1. The number of halogens is 1. The third-order valence-corrected chi connectivity index (χ3v) is 7.80. The highest BCUT2D eigenvalue weighted by Gasteiger charge is 2.23. The second-order valence-electron chi connectivity index (χ2n) is 8.22. The predicted molar refractivity (Wildman–Crippen MR) is 143 cm³/mol. The Bertz CT molecular complexity index is 1010. The summed E-state index contributed by atoms with van der Waals surface area (Å²) in [6.07, 6.45) is 2.87. The van der Waals surface area contributed by atoms with E-state index in [9.17, 15) is 13.2 Å². The molecule has 7 nitrogen and oxygen atoms in total. The van der Waals surface area contributed by atoms with Crippen molar-refractivity contribution in [2.75, 3.05) is 41.7 Å². The number of ether oxygens (including phenoxy) is 1. The highest BCUT2D eigenvalue weighted by atomic mass is 35.5. The summed E-state index contributed by atoms with van der Waals surface area (Å²) in [5.74, 6) is 2.88. The van der Waals surface area contributed by atoms with Crippen LogP contribution in [0.15, 0.2) is 48.5 Å². The summed E-state index contributed by atoms with van der Waals surface area (Å²) < 4.78 is 31.7. The Morgan fingerprint density at radius 3 is 2.15 bits per heavy atom. The van der Waals surface area contributed by atoms with Gasteiger partial charge in [-0.3, -0.25) is 14.0 Å². The fourth-order valence-electron chi connectivity index (χ4n) is 3.89. The van der Waals surface area contributed by atoms with E-state index < -0.39 is 10.0 Å². The highest BCUT2D eigenvalue weighted by Crippen LogP contribution is 2.27. The van der Waals surface area contributed by atoms with Crippen molar-refractivity contribution in [1.29, 1.82) is 0 Å². The third-order valence-electron chi connectivity index (χ3n) is 5.72. The number of nitrogens with two attached hydrogens (primary N) is 1. The molecule has 1 aliphatic rings. The number of hydrogen-bond acceptors (Lipinski definition) is 6. The lowest BCUT2D eigenvalue weighted by Gasteiger charge is -2.30. The van der Waals surface area contributed by atoms with Gasteiger partial charge in [0.25, 0.3) is 0 Å². The highest BCUT2D eigenvalue weighted by molar-refractivity contribution is 7.99. The Hall–Kier alpha value is -1.94. The maximum Gasteiger partial charge on any atom is 0.232 e. The molecule has 0 saturated carbocycles. The lowest BCUT2D eigenvalue weighted by molar-refractivity contribution is -0.123. The Kier molecular flexibility index (Phi) is 11.0. The molecule has 2 aromatic rings. The Balaban J connectivity index is 0.00000408. The van der Waals surface area contributed by atoms with Crippen LogP contribution in [0, 0.1) is 5.92 Å². The van der Waals surface area contributed by atoms with E-state index in [1.165, 1.54) is 16.1 Å². The smallest absolute Gasteiger partial charge is 0.232 e. The van der Waals surface area contributed by atoms with Gasteiger partial charge in [0.2, 0.25) is 15.9 Å². The van der Waals surface area contributed by atoms with Crippen LogP contribution in [-0.2, 0) is 21.4 Å². The number of likely N-dealkylation sites (tertiary alicyclic amines) is 1. The van der Waals surface area contributed by atoms with Gasteiger partial charge in [-0.2, -0.15) is 11.8 Å². The summed E-state index contributed by atoms with van der Waals surface area (Å²) in [5.41, 5.74) is 7.23. The first-order valence-electron chi connectivity index (χ1n) is 11.2. The summed E-state index contributed by atoms with van der Waals surface area (Å²) in [5, 5.41) is 0. The van der Waals surface area contributed by atoms with Gasteiger partial charge in [-0.05, 0) is 73.6 Å². The largest absolute Gasteiger partial charge is 0.457 e. The average molecular weight is 528 g/mol. The minimum atomic E-state index is -3.34. The summed E-state index contributed by atoms with van der Waals surface area (Å²) in [6, 6.07) is 15.1. The van der Waals surface area contributed by atoms with Gasteiger partial charge >= 0.3 is 0 Å². The third kappa shape index (κ3) is 8.37. The van der Waals surface area contributed by atoms with Crippen molar-refractivity contribution >= 4 is 45.8 Å². The van der Waals surface area contributed by atoms with Crippen molar-refractivity contribution in [1.82, 2.24) is 4.90 Å². The van der Waals surface area contributed by atoms with Crippen molar-refractivity contribution in [2.24, 2.45) is 11.7 Å². The molecular formula is C24H34ClN3O4S2. The van der Waals surface area contributed by atoms with Crippen molar-refractivity contribution in [3.05, 3.63) is 54.1 Å². The van der Waals surface area contributed by atoms with E-state index in [2.05, 4.69) is 11.8 Å². The molecule has 1 saturated heterocycles. The summed E-state index contributed by atoms with van der Waals surface area (Å²) in [4.78, 5) is 13.6. The van der Waals surface area contributed by atoms with E-state index in [0.717, 1.165) is 49.7 Å². The number of anilines is 1. The van der Waals surface area contributed by atoms with Gasteiger partial charge in [0.05, 0.1) is 11.9 Å². The SMILES string of the molecule is CCSCCN(c1ccc(Oc2ccc(CN3CCC(C(N)=O)CC3)cc2)cc1)S(C)(=O)=O.Cl. The summed E-state index contributed by atoms with van der Waals surface area (Å²) in [6.45, 7) is 5.08. The monoisotopic (exact) mass is 527 g/mol. The number of sulfonamides is 1. The van der Waals surface area contributed by atoms with Gasteiger partial charge in [0.1, 0.15) is 11.5 Å². The van der Waals surface area contributed by atoms with Crippen molar-refractivity contribution in [3.8, 4) is 11.5 Å². The summed E-state index contributed by atoms with van der Waals surface area (Å²) >= 11 is 1.71. The van der Waals surface area contributed by atoms with Crippen LogP contribution in [0.3, 0.4) is 0 Å². The zero-order valence-electron chi connectivity index (χ0n) is 19.7. The Morgan fingerprint density at radius 1 is 1.09 bits per heavy atom. The number of rotatable bonds is 11. The van der Waals surface area contributed by atoms with E-state index in [0.29, 0.717) is 18.0 Å². The van der Waals surface area contributed by atoms with Crippen LogP contribution in [0.4, 0.5) is 5.69 Å². The second-order valence-corrected chi connectivity index (χ2v) is 11.5. The Labute approximate surface area is 213 Å². The van der Waals surface area contributed by atoms with Gasteiger partial charge < -0.3 is 10.5 Å². The molecule has 0 aliphatic carbocycles. The van der Waals surface area contributed by atoms with E-state index in [1.807, 2.05) is 24.3 Å². The van der Waals surface area contributed by atoms with E-state index in [4.69, 9.17) is 10.5 Å². The number of nitrogens with zero attached hydrogens (tertiary/aromatic N) is 2. The van der Waals surface area contributed by atoms with Gasteiger partial charge in [0.15, 0.2) is 0 Å². The number of benzene rings is 2. The number of carbonyl (C=O) groups excluding carboxylic acids is 1. The number of primary amides is 1. The number of amides is 1. The van der Waals surface area contributed by atoms with Crippen LogP contribution in [0.2, 0.25) is 0 Å². The lowest BCUT2D eigenvalue weighted by atomic mass is 9.96. The van der Waals surface area contributed by atoms with Crippen LogP contribution in [0.1, 0.15) is 25.3 Å². The van der Waals surface area contributed by atoms with E-state index in [1.54, 1.807) is 36.0 Å². The predicted octanol–water partition coefficient (Wildman–Crippen LogP) is 4.12. The van der Waals surface area contributed by atoms with Gasteiger partial charge in [-0.25, -0.2) is 8.42 Å². The van der Waals surface area contributed by atoms with Crippen LogP contribution in [0.25, 0.3) is 0 Å². The normalized spacial score (nSPS) is 14.9. The number of carbonyl (C=O) groups is 1. The van der Waals surface area contributed by atoms with Crippen LogP contribution >= 0.6 is 24.2 Å². The molecule has 0 aromatic heterocycles. The molecule has 1 heterocycles. The van der Waals surface area contributed by atoms with Crippen LogP contribution in [0.5, 0.6) is 11.5 Å². The van der Waals surface area contributed by atoms with Gasteiger partial charge in [0, 0.05) is 24.8 Å². The molecule has 10 heteroatoms. The number of piperidine rings is 1. The maximum absolute atomic E-state index is 12.2. The topological polar surface area (TPSA) is 92.9 Å². The standard InChI is InChI=1S/C24H33N3O4S2.ClH/c1-3-32-17-16-27(33(2,29)30)21-6-10-23(11-7-21)31-22-8-4-19(5-9-22)18-26-14-12-20(13-15-26)24(25)28;/h4-11,20H,3,12-18H2,1-2H3,(H2,25,28);1H. The molecule has 1 fully saturated rings.